The number of halogens is 2. The van der Waals surface area contributed by atoms with Gasteiger partial charge < -0.3 is 20.3 Å². The molecule has 2 N–H and O–H groups in total. The van der Waals surface area contributed by atoms with E-state index in [2.05, 4.69) is 20.5 Å². The molecule has 1 heterocycles. The van der Waals surface area contributed by atoms with E-state index in [4.69, 9.17) is 16.3 Å². The summed E-state index contributed by atoms with van der Waals surface area (Å²) in [6.07, 6.45) is 5.99. The first-order chi connectivity index (χ1) is 12.2. The van der Waals surface area contributed by atoms with Crippen molar-refractivity contribution in [1.29, 1.82) is 0 Å². The van der Waals surface area contributed by atoms with Crippen molar-refractivity contribution in [3.8, 4) is 5.75 Å². The number of hydrogen-bond acceptors (Lipinski definition) is 3. The summed E-state index contributed by atoms with van der Waals surface area (Å²) in [5, 5.41) is 7.47. The molecule has 1 aliphatic rings. The zero-order chi connectivity index (χ0) is 17.9. The molecule has 0 spiro atoms. The Hall–Kier alpha value is -0.730. The van der Waals surface area contributed by atoms with Crippen molar-refractivity contribution in [3.63, 3.8) is 0 Å². The van der Waals surface area contributed by atoms with Crippen LogP contribution in [0.2, 0.25) is 5.02 Å². The van der Waals surface area contributed by atoms with Crippen molar-refractivity contribution >= 4 is 41.5 Å². The SMILES string of the molecule is CN=C(NCCCCN1CCCC1)NCCc1ccc(OC)cc1Cl.I. The number of nitrogens with zero attached hydrogens (tertiary/aromatic N) is 2. The molecule has 148 valence electrons. The molecule has 1 aromatic rings. The van der Waals surface area contributed by atoms with Gasteiger partial charge in [0.15, 0.2) is 5.96 Å². The van der Waals surface area contributed by atoms with Gasteiger partial charge in [-0.2, -0.15) is 0 Å². The summed E-state index contributed by atoms with van der Waals surface area (Å²) in [7, 11) is 3.45. The van der Waals surface area contributed by atoms with Crippen LogP contribution in [-0.4, -0.2) is 57.7 Å². The third-order valence-corrected chi connectivity index (χ3v) is 4.91. The number of guanidine groups is 1. The van der Waals surface area contributed by atoms with Gasteiger partial charge in [-0.15, -0.1) is 24.0 Å². The van der Waals surface area contributed by atoms with Crippen LogP contribution in [0.3, 0.4) is 0 Å². The summed E-state index contributed by atoms with van der Waals surface area (Å²) in [4.78, 5) is 6.84. The highest BCUT2D eigenvalue weighted by Gasteiger charge is 2.10. The number of ether oxygens (including phenoxy) is 1. The minimum Gasteiger partial charge on any atom is -0.497 e. The molecule has 1 saturated heterocycles. The van der Waals surface area contributed by atoms with Gasteiger partial charge in [0.25, 0.3) is 0 Å². The zero-order valence-electron chi connectivity index (χ0n) is 15.9. The fourth-order valence-corrected chi connectivity index (χ4v) is 3.33. The molecular weight excluding hydrogens is 463 g/mol. The first kappa shape index (κ1) is 23.3. The molecule has 0 unspecified atom stereocenters. The minimum absolute atomic E-state index is 0. The molecule has 1 aromatic carbocycles. The summed E-state index contributed by atoms with van der Waals surface area (Å²) in [5.74, 6) is 1.64. The lowest BCUT2D eigenvalue weighted by Gasteiger charge is -2.15. The van der Waals surface area contributed by atoms with Crippen molar-refractivity contribution in [3.05, 3.63) is 28.8 Å². The highest BCUT2D eigenvalue weighted by Crippen LogP contribution is 2.22. The standard InChI is InChI=1S/C19H31ClN4O.HI/c1-21-19(22-10-3-4-12-24-13-5-6-14-24)23-11-9-16-7-8-17(25-2)15-18(16)20;/h7-8,15H,3-6,9-14H2,1-2H3,(H2,21,22,23);1H. The van der Waals surface area contributed by atoms with Gasteiger partial charge in [0, 0.05) is 25.2 Å². The minimum atomic E-state index is 0. The van der Waals surface area contributed by atoms with E-state index in [-0.39, 0.29) is 24.0 Å². The second-order valence-electron chi connectivity index (χ2n) is 6.39. The Kier molecular flexibility index (Phi) is 12.0. The third kappa shape index (κ3) is 8.31. The molecule has 2 rings (SSSR count). The lowest BCUT2D eigenvalue weighted by molar-refractivity contribution is 0.330. The summed E-state index contributed by atoms with van der Waals surface area (Å²) < 4.78 is 5.17. The molecule has 0 amide bonds. The van der Waals surface area contributed by atoms with Crippen LogP contribution in [0, 0.1) is 0 Å². The molecule has 1 aliphatic heterocycles. The zero-order valence-corrected chi connectivity index (χ0v) is 19.0. The highest BCUT2D eigenvalue weighted by molar-refractivity contribution is 14.0. The Morgan fingerprint density at radius 2 is 1.92 bits per heavy atom. The number of hydrogen-bond donors (Lipinski definition) is 2. The summed E-state index contributed by atoms with van der Waals surface area (Å²) in [6, 6.07) is 5.80. The smallest absolute Gasteiger partial charge is 0.190 e. The molecule has 26 heavy (non-hydrogen) atoms. The van der Waals surface area contributed by atoms with E-state index < -0.39 is 0 Å². The van der Waals surface area contributed by atoms with E-state index in [1.807, 2.05) is 18.2 Å². The fourth-order valence-electron chi connectivity index (χ4n) is 3.07. The van der Waals surface area contributed by atoms with E-state index in [1.165, 1.54) is 45.3 Å². The predicted octanol–water partition coefficient (Wildman–Crippen LogP) is 3.55. The summed E-state index contributed by atoms with van der Waals surface area (Å²) in [5.41, 5.74) is 1.11. The molecule has 5 nitrogen and oxygen atoms in total. The highest BCUT2D eigenvalue weighted by atomic mass is 127. The van der Waals surface area contributed by atoms with Gasteiger partial charge in [-0.05, 0) is 69.4 Å². The van der Waals surface area contributed by atoms with Gasteiger partial charge in [0.1, 0.15) is 5.75 Å². The van der Waals surface area contributed by atoms with Gasteiger partial charge >= 0.3 is 0 Å². The number of methoxy groups -OCH3 is 1. The predicted molar refractivity (Wildman–Crippen MR) is 121 cm³/mol. The third-order valence-electron chi connectivity index (χ3n) is 4.56. The summed E-state index contributed by atoms with van der Waals surface area (Å²) in [6.45, 7) is 5.54. The Bertz CT molecular complexity index is 550. The van der Waals surface area contributed by atoms with E-state index in [9.17, 15) is 0 Å². The van der Waals surface area contributed by atoms with E-state index in [0.29, 0.717) is 0 Å². The van der Waals surface area contributed by atoms with E-state index in [1.54, 1.807) is 14.2 Å². The Labute approximate surface area is 179 Å². The lowest BCUT2D eigenvalue weighted by Crippen LogP contribution is -2.38. The first-order valence-corrected chi connectivity index (χ1v) is 9.60. The Balaban J connectivity index is 0.00000338. The Morgan fingerprint density at radius 1 is 1.19 bits per heavy atom. The maximum absolute atomic E-state index is 6.27. The molecule has 1 fully saturated rings. The molecule has 0 saturated carbocycles. The molecule has 0 aromatic heterocycles. The van der Waals surface area contributed by atoms with Crippen LogP contribution in [0.1, 0.15) is 31.2 Å². The number of aliphatic imine (C=N–C) groups is 1. The van der Waals surface area contributed by atoms with Gasteiger partial charge in [-0.1, -0.05) is 17.7 Å². The molecule has 7 heteroatoms. The molecule has 0 bridgehead atoms. The summed E-state index contributed by atoms with van der Waals surface area (Å²) >= 11 is 6.27. The van der Waals surface area contributed by atoms with Crippen LogP contribution in [0.4, 0.5) is 0 Å². The maximum atomic E-state index is 6.27. The number of likely N-dealkylation sites (tertiary alicyclic amines) is 1. The maximum Gasteiger partial charge on any atom is 0.190 e. The first-order valence-electron chi connectivity index (χ1n) is 9.22. The molecule has 0 atom stereocenters. The van der Waals surface area contributed by atoms with Crippen LogP contribution in [0.25, 0.3) is 0 Å². The van der Waals surface area contributed by atoms with Crippen molar-refractivity contribution in [1.82, 2.24) is 15.5 Å². The van der Waals surface area contributed by atoms with Crippen molar-refractivity contribution in [2.75, 3.05) is 46.9 Å². The van der Waals surface area contributed by atoms with Gasteiger partial charge in [0.05, 0.1) is 7.11 Å². The normalized spacial score (nSPS) is 14.8. The average Bonchev–Trinajstić information content (AvgIpc) is 3.14. The van der Waals surface area contributed by atoms with Crippen LogP contribution < -0.4 is 15.4 Å². The van der Waals surface area contributed by atoms with E-state index in [0.717, 1.165) is 41.8 Å². The van der Waals surface area contributed by atoms with E-state index >= 15 is 0 Å². The number of nitrogens with one attached hydrogen (secondary N) is 2. The second kappa shape index (κ2) is 13.4. The van der Waals surface area contributed by atoms with Crippen LogP contribution in [-0.2, 0) is 6.42 Å². The fraction of sp³-hybridized carbons (Fsp3) is 0.632. The second-order valence-corrected chi connectivity index (χ2v) is 6.80. The average molecular weight is 495 g/mol. The number of unbranched alkanes of at least 4 members (excludes halogenated alkanes) is 1. The van der Waals surface area contributed by atoms with Gasteiger partial charge in [-0.25, -0.2) is 0 Å². The lowest BCUT2D eigenvalue weighted by atomic mass is 10.1. The monoisotopic (exact) mass is 494 g/mol. The number of benzene rings is 1. The number of rotatable bonds is 9. The molecule has 0 radical (unpaired) electrons. The molecular formula is C19H32ClIN4O. The van der Waals surface area contributed by atoms with Crippen molar-refractivity contribution in [2.24, 2.45) is 4.99 Å². The van der Waals surface area contributed by atoms with Gasteiger partial charge in [-0.3, -0.25) is 4.99 Å². The van der Waals surface area contributed by atoms with Crippen LogP contribution in [0.15, 0.2) is 23.2 Å². The molecule has 0 aliphatic carbocycles. The van der Waals surface area contributed by atoms with Crippen LogP contribution in [0.5, 0.6) is 5.75 Å². The van der Waals surface area contributed by atoms with Crippen molar-refractivity contribution < 1.29 is 4.74 Å². The topological polar surface area (TPSA) is 48.9 Å². The van der Waals surface area contributed by atoms with Crippen LogP contribution >= 0.6 is 35.6 Å². The van der Waals surface area contributed by atoms with Crippen molar-refractivity contribution in [2.45, 2.75) is 32.1 Å². The Morgan fingerprint density at radius 3 is 2.58 bits per heavy atom. The van der Waals surface area contributed by atoms with Gasteiger partial charge in [0.2, 0.25) is 0 Å². The largest absolute Gasteiger partial charge is 0.497 e. The quantitative estimate of drug-likeness (QED) is 0.239.